The molecule has 0 aliphatic rings. The number of hydrazone groups is 1. The predicted octanol–water partition coefficient (Wildman–Crippen LogP) is 2.79. The summed E-state index contributed by atoms with van der Waals surface area (Å²) in [5.74, 6) is 0.377. The summed E-state index contributed by atoms with van der Waals surface area (Å²) in [4.78, 5) is 11.8. The molecule has 2 heterocycles. The number of fused-ring (bicyclic) bond motifs is 1. The molecule has 19 heavy (non-hydrogen) atoms. The first-order valence-electron chi connectivity index (χ1n) is 5.68. The second kappa shape index (κ2) is 4.81. The lowest BCUT2D eigenvalue weighted by Gasteiger charge is -1.93. The summed E-state index contributed by atoms with van der Waals surface area (Å²) in [6.45, 7) is 0. The molecule has 0 spiro atoms. The number of nitrogens with one attached hydrogen (secondary N) is 1. The van der Waals surface area contributed by atoms with Gasteiger partial charge in [-0.3, -0.25) is 4.79 Å². The van der Waals surface area contributed by atoms with Crippen LogP contribution in [0.3, 0.4) is 0 Å². The normalized spacial score (nSPS) is 11.2. The minimum atomic E-state index is -0.404. The number of para-hydroxylation sites is 1. The van der Waals surface area contributed by atoms with Crippen molar-refractivity contribution in [3.8, 4) is 0 Å². The fourth-order valence-corrected chi connectivity index (χ4v) is 1.67. The third-order valence-electron chi connectivity index (χ3n) is 2.55. The van der Waals surface area contributed by atoms with Gasteiger partial charge in [0.25, 0.3) is 0 Å². The van der Waals surface area contributed by atoms with Crippen molar-refractivity contribution in [1.82, 2.24) is 5.43 Å². The molecule has 5 nitrogen and oxygen atoms in total. The molecule has 5 heteroatoms. The van der Waals surface area contributed by atoms with Crippen LogP contribution in [-0.2, 0) is 0 Å². The first-order valence-corrected chi connectivity index (χ1v) is 5.68. The summed E-state index contributed by atoms with van der Waals surface area (Å²) < 4.78 is 10.5. The number of nitrogens with zero attached hydrogens (tertiary/aromatic N) is 1. The Morgan fingerprint density at radius 1 is 1.21 bits per heavy atom. The van der Waals surface area contributed by atoms with Crippen LogP contribution in [0.4, 0.5) is 0 Å². The molecule has 3 aromatic rings. The Hall–Kier alpha value is -2.82. The van der Waals surface area contributed by atoms with E-state index < -0.39 is 5.91 Å². The summed E-state index contributed by atoms with van der Waals surface area (Å²) in [6, 6.07) is 12.6. The lowest BCUT2D eigenvalue weighted by Crippen LogP contribution is -2.16. The Labute approximate surface area is 108 Å². The average molecular weight is 254 g/mol. The van der Waals surface area contributed by atoms with Gasteiger partial charge in [-0.15, -0.1) is 0 Å². The molecule has 0 aliphatic carbocycles. The molecule has 1 N–H and O–H groups in total. The van der Waals surface area contributed by atoms with Gasteiger partial charge < -0.3 is 8.83 Å². The van der Waals surface area contributed by atoms with Crippen molar-refractivity contribution >= 4 is 23.1 Å². The number of furan rings is 2. The van der Waals surface area contributed by atoms with Gasteiger partial charge in [-0.25, -0.2) is 5.43 Å². The molecule has 1 aromatic carbocycles. The molecule has 0 unspecified atom stereocenters. The van der Waals surface area contributed by atoms with E-state index in [-0.39, 0.29) is 5.76 Å². The highest BCUT2D eigenvalue weighted by Gasteiger charge is 2.10. The second-order valence-electron chi connectivity index (χ2n) is 3.86. The Bertz CT molecular complexity index is 693. The summed E-state index contributed by atoms with van der Waals surface area (Å²) >= 11 is 0. The van der Waals surface area contributed by atoms with E-state index in [2.05, 4.69) is 10.5 Å². The fraction of sp³-hybridized carbons (Fsp3) is 0. The van der Waals surface area contributed by atoms with Crippen LogP contribution in [0.2, 0.25) is 0 Å². The zero-order valence-corrected chi connectivity index (χ0v) is 9.87. The number of carbonyl (C=O) groups excluding carboxylic acids is 1. The van der Waals surface area contributed by atoms with Gasteiger partial charge in [0.05, 0.1) is 12.5 Å². The number of carbonyl (C=O) groups is 1. The third-order valence-corrected chi connectivity index (χ3v) is 2.55. The predicted molar refractivity (Wildman–Crippen MR) is 70.0 cm³/mol. The maximum absolute atomic E-state index is 11.8. The van der Waals surface area contributed by atoms with Crippen LogP contribution < -0.4 is 5.43 Å². The van der Waals surface area contributed by atoms with Gasteiger partial charge in [0, 0.05) is 5.39 Å². The van der Waals surface area contributed by atoms with Crippen LogP contribution >= 0.6 is 0 Å². The van der Waals surface area contributed by atoms with Crippen molar-refractivity contribution in [3.63, 3.8) is 0 Å². The van der Waals surface area contributed by atoms with Gasteiger partial charge in [0.15, 0.2) is 5.76 Å². The molecular formula is C14H10N2O3. The van der Waals surface area contributed by atoms with Crippen molar-refractivity contribution in [3.05, 3.63) is 60.2 Å². The van der Waals surface area contributed by atoms with Crippen molar-refractivity contribution < 1.29 is 13.6 Å². The SMILES string of the molecule is O=C(NN=Cc1ccco1)c1cc2ccccc2o1. The van der Waals surface area contributed by atoms with Crippen molar-refractivity contribution in [2.24, 2.45) is 5.10 Å². The monoisotopic (exact) mass is 254 g/mol. The second-order valence-corrected chi connectivity index (χ2v) is 3.86. The molecule has 1 amide bonds. The Balaban J connectivity index is 1.73. The van der Waals surface area contributed by atoms with Crippen LogP contribution in [0.15, 0.2) is 62.7 Å². The Morgan fingerprint density at radius 2 is 2.11 bits per heavy atom. The highest BCUT2D eigenvalue weighted by atomic mass is 16.3. The van der Waals surface area contributed by atoms with Gasteiger partial charge in [-0.05, 0) is 24.3 Å². The maximum atomic E-state index is 11.8. The van der Waals surface area contributed by atoms with E-state index in [9.17, 15) is 4.79 Å². The number of amides is 1. The van der Waals surface area contributed by atoms with E-state index in [0.717, 1.165) is 5.39 Å². The van der Waals surface area contributed by atoms with Crippen LogP contribution in [-0.4, -0.2) is 12.1 Å². The number of hydrogen-bond acceptors (Lipinski definition) is 4. The van der Waals surface area contributed by atoms with E-state index in [4.69, 9.17) is 8.83 Å². The summed E-state index contributed by atoms with van der Waals surface area (Å²) in [5, 5.41) is 4.66. The van der Waals surface area contributed by atoms with Crippen LogP contribution in [0, 0.1) is 0 Å². The zero-order valence-electron chi connectivity index (χ0n) is 9.87. The largest absolute Gasteiger partial charge is 0.463 e. The molecule has 0 radical (unpaired) electrons. The van der Waals surface area contributed by atoms with E-state index in [1.807, 2.05) is 18.2 Å². The van der Waals surface area contributed by atoms with E-state index in [0.29, 0.717) is 11.3 Å². The topological polar surface area (TPSA) is 67.7 Å². The lowest BCUT2D eigenvalue weighted by atomic mass is 10.2. The molecule has 0 saturated carbocycles. The standard InChI is InChI=1S/C14H10N2O3/c17-14(16-15-9-11-5-3-7-18-11)13-8-10-4-1-2-6-12(10)19-13/h1-9H,(H,16,17). The quantitative estimate of drug-likeness (QED) is 0.577. The summed E-state index contributed by atoms with van der Waals surface area (Å²) in [5.41, 5.74) is 3.04. The molecule has 0 bridgehead atoms. The summed E-state index contributed by atoms with van der Waals surface area (Å²) in [7, 11) is 0. The first kappa shape index (κ1) is 11.3. The molecule has 3 rings (SSSR count). The number of benzene rings is 1. The van der Waals surface area contributed by atoms with E-state index in [1.165, 1.54) is 12.5 Å². The van der Waals surface area contributed by atoms with Crippen LogP contribution in [0.5, 0.6) is 0 Å². The van der Waals surface area contributed by atoms with Gasteiger partial charge in [-0.2, -0.15) is 5.10 Å². The fourth-order valence-electron chi connectivity index (χ4n) is 1.67. The summed E-state index contributed by atoms with van der Waals surface area (Å²) in [6.07, 6.45) is 2.95. The molecule has 0 fully saturated rings. The van der Waals surface area contributed by atoms with Gasteiger partial charge in [0.1, 0.15) is 11.3 Å². The third kappa shape index (κ3) is 2.40. The molecular weight excluding hydrogens is 244 g/mol. The number of hydrogen-bond donors (Lipinski definition) is 1. The van der Waals surface area contributed by atoms with Crippen LogP contribution in [0.1, 0.15) is 16.3 Å². The van der Waals surface area contributed by atoms with Gasteiger partial charge >= 0.3 is 5.91 Å². The Morgan fingerprint density at radius 3 is 2.89 bits per heavy atom. The molecule has 94 valence electrons. The van der Waals surface area contributed by atoms with E-state index >= 15 is 0 Å². The molecule has 0 atom stereocenters. The van der Waals surface area contributed by atoms with Gasteiger partial charge in [-0.1, -0.05) is 18.2 Å². The Kier molecular flexibility index (Phi) is 2.86. The molecule has 0 aliphatic heterocycles. The highest BCUT2D eigenvalue weighted by molar-refractivity contribution is 5.96. The molecule has 2 aromatic heterocycles. The minimum absolute atomic E-state index is 0.220. The van der Waals surface area contributed by atoms with Crippen molar-refractivity contribution in [2.75, 3.05) is 0 Å². The number of rotatable bonds is 3. The molecule has 0 saturated heterocycles. The smallest absolute Gasteiger partial charge is 0.307 e. The first-order chi connectivity index (χ1) is 9.33. The highest BCUT2D eigenvalue weighted by Crippen LogP contribution is 2.18. The maximum Gasteiger partial charge on any atom is 0.307 e. The van der Waals surface area contributed by atoms with E-state index in [1.54, 1.807) is 24.3 Å². The van der Waals surface area contributed by atoms with Crippen molar-refractivity contribution in [2.45, 2.75) is 0 Å². The zero-order chi connectivity index (χ0) is 13.1. The van der Waals surface area contributed by atoms with Crippen LogP contribution in [0.25, 0.3) is 11.0 Å². The van der Waals surface area contributed by atoms with Gasteiger partial charge in [0.2, 0.25) is 0 Å². The average Bonchev–Trinajstić information content (AvgIpc) is 3.07. The minimum Gasteiger partial charge on any atom is -0.463 e. The van der Waals surface area contributed by atoms with Crippen molar-refractivity contribution in [1.29, 1.82) is 0 Å². The lowest BCUT2D eigenvalue weighted by molar-refractivity contribution is 0.0929.